The lowest BCUT2D eigenvalue weighted by Crippen LogP contribution is -2.26. The summed E-state index contributed by atoms with van der Waals surface area (Å²) in [6, 6.07) is 3.84. The Morgan fingerprint density at radius 1 is 1.26 bits per heavy atom. The molecule has 1 aromatic carbocycles. The van der Waals surface area contributed by atoms with Crippen molar-refractivity contribution >= 4 is 5.91 Å². The molecule has 1 aromatic rings. The normalized spacial score (nSPS) is 10.1. The van der Waals surface area contributed by atoms with Crippen LogP contribution in [0.2, 0.25) is 0 Å². The Hall–Kier alpha value is -1.75. The molecule has 0 aliphatic carbocycles. The molecule has 0 heterocycles. The molecule has 5 nitrogen and oxygen atoms in total. The predicted molar refractivity (Wildman–Crippen MR) is 72.7 cm³/mol. The molecule has 2 N–H and O–H groups in total. The van der Waals surface area contributed by atoms with Crippen molar-refractivity contribution in [1.82, 2.24) is 5.32 Å². The van der Waals surface area contributed by atoms with E-state index >= 15 is 0 Å². The standard InChI is InChI=1S/C14H21NO4/c1-10-8-12(18-2)13(19-3)9-11(10)4-6-15-14(17)5-7-16/h8-9,16H,4-7H2,1-3H3,(H,15,17). The number of rotatable bonds is 7. The van der Waals surface area contributed by atoms with E-state index in [1.165, 1.54) is 0 Å². The molecule has 0 aliphatic heterocycles. The molecule has 19 heavy (non-hydrogen) atoms. The highest BCUT2D eigenvalue weighted by atomic mass is 16.5. The van der Waals surface area contributed by atoms with Crippen LogP contribution >= 0.6 is 0 Å². The molecule has 106 valence electrons. The maximum atomic E-state index is 11.2. The van der Waals surface area contributed by atoms with Crippen LogP contribution in [0, 0.1) is 6.92 Å². The Kier molecular flexibility index (Phi) is 6.15. The fraction of sp³-hybridized carbons (Fsp3) is 0.500. The van der Waals surface area contributed by atoms with Gasteiger partial charge in [0.1, 0.15) is 0 Å². The summed E-state index contributed by atoms with van der Waals surface area (Å²) in [5, 5.41) is 11.4. The number of carbonyl (C=O) groups is 1. The monoisotopic (exact) mass is 267 g/mol. The van der Waals surface area contributed by atoms with E-state index in [0.717, 1.165) is 11.1 Å². The zero-order valence-electron chi connectivity index (χ0n) is 11.7. The molecule has 0 radical (unpaired) electrons. The van der Waals surface area contributed by atoms with E-state index < -0.39 is 0 Å². The first-order chi connectivity index (χ1) is 9.12. The second-order valence-electron chi connectivity index (χ2n) is 4.21. The first-order valence-corrected chi connectivity index (χ1v) is 6.21. The van der Waals surface area contributed by atoms with Gasteiger partial charge in [-0.3, -0.25) is 4.79 Å². The number of nitrogens with one attached hydrogen (secondary N) is 1. The molecule has 0 fully saturated rings. The van der Waals surface area contributed by atoms with Gasteiger partial charge in [-0.1, -0.05) is 0 Å². The van der Waals surface area contributed by atoms with E-state index in [4.69, 9.17) is 14.6 Å². The molecule has 0 atom stereocenters. The van der Waals surface area contributed by atoms with Crippen molar-refractivity contribution in [2.24, 2.45) is 0 Å². The molecule has 0 spiro atoms. The van der Waals surface area contributed by atoms with Crippen molar-refractivity contribution in [1.29, 1.82) is 0 Å². The molecular weight excluding hydrogens is 246 g/mol. The van der Waals surface area contributed by atoms with Crippen LogP contribution in [0.4, 0.5) is 0 Å². The average molecular weight is 267 g/mol. The second-order valence-corrected chi connectivity index (χ2v) is 4.21. The van der Waals surface area contributed by atoms with Crippen molar-refractivity contribution in [2.45, 2.75) is 19.8 Å². The van der Waals surface area contributed by atoms with Crippen LogP contribution in [0.25, 0.3) is 0 Å². The number of ether oxygens (including phenoxy) is 2. The van der Waals surface area contributed by atoms with E-state index in [9.17, 15) is 4.79 Å². The molecule has 0 unspecified atom stereocenters. The van der Waals surface area contributed by atoms with E-state index in [1.807, 2.05) is 19.1 Å². The summed E-state index contributed by atoms with van der Waals surface area (Å²) in [6.45, 7) is 2.41. The van der Waals surface area contributed by atoms with Crippen LogP contribution < -0.4 is 14.8 Å². The fourth-order valence-corrected chi connectivity index (χ4v) is 1.82. The van der Waals surface area contributed by atoms with Crippen LogP contribution in [-0.4, -0.2) is 38.4 Å². The lowest BCUT2D eigenvalue weighted by Gasteiger charge is -2.13. The predicted octanol–water partition coefficient (Wildman–Crippen LogP) is 1.05. The summed E-state index contributed by atoms with van der Waals surface area (Å²) in [7, 11) is 3.20. The first-order valence-electron chi connectivity index (χ1n) is 6.21. The highest BCUT2D eigenvalue weighted by Gasteiger charge is 2.08. The van der Waals surface area contributed by atoms with Crippen LogP contribution in [0.3, 0.4) is 0 Å². The van der Waals surface area contributed by atoms with Crippen molar-refractivity contribution in [3.05, 3.63) is 23.3 Å². The van der Waals surface area contributed by atoms with Gasteiger partial charge < -0.3 is 19.9 Å². The van der Waals surface area contributed by atoms with Gasteiger partial charge in [0.2, 0.25) is 5.91 Å². The molecule has 5 heteroatoms. The van der Waals surface area contributed by atoms with Crippen LogP contribution in [0.15, 0.2) is 12.1 Å². The Morgan fingerprint density at radius 2 is 1.89 bits per heavy atom. The topological polar surface area (TPSA) is 67.8 Å². The number of amides is 1. The van der Waals surface area contributed by atoms with E-state index in [1.54, 1.807) is 14.2 Å². The highest BCUT2D eigenvalue weighted by Crippen LogP contribution is 2.30. The number of methoxy groups -OCH3 is 2. The van der Waals surface area contributed by atoms with Gasteiger partial charge in [0.05, 0.1) is 20.8 Å². The van der Waals surface area contributed by atoms with Crippen LogP contribution in [0.5, 0.6) is 11.5 Å². The van der Waals surface area contributed by atoms with Gasteiger partial charge in [-0.25, -0.2) is 0 Å². The van der Waals surface area contributed by atoms with Crippen molar-refractivity contribution in [3.8, 4) is 11.5 Å². The number of benzene rings is 1. The number of carbonyl (C=O) groups excluding carboxylic acids is 1. The maximum absolute atomic E-state index is 11.2. The van der Waals surface area contributed by atoms with E-state index in [-0.39, 0.29) is 18.9 Å². The molecule has 0 saturated carbocycles. The minimum absolute atomic E-state index is 0.124. The van der Waals surface area contributed by atoms with Crippen molar-refractivity contribution in [3.63, 3.8) is 0 Å². The Labute approximate surface area is 113 Å². The molecule has 0 aliphatic rings. The highest BCUT2D eigenvalue weighted by molar-refractivity contribution is 5.75. The smallest absolute Gasteiger partial charge is 0.222 e. The Bertz CT molecular complexity index is 432. The van der Waals surface area contributed by atoms with Crippen molar-refractivity contribution in [2.75, 3.05) is 27.4 Å². The second kappa shape index (κ2) is 7.63. The Morgan fingerprint density at radius 3 is 2.47 bits per heavy atom. The number of hydrogen-bond donors (Lipinski definition) is 2. The number of aryl methyl sites for hydroxylation is 1. The first kappa shape index (κ1) is 15.3. The summed E-state index contributed by atoms with van der Waals surface area (Å²) in [4.78, 5) is 11.2. The van der Waals surface area contributed by atoms with Gasteiger partial charge >= 0.3 is 0 Å². The Balaban J connectivity index is 2.65. The van der Waals surface area contributed by atoms with Gasteiger partial charge in [0, 0.05) is 13.0 Å². The largest absolute Gasteiger partial charge is 0.493 e. The quantitative estimate of drug-likeness (QED) is 0.775. The van der Waals surface area contributed by atoms with Gasteiger partial charge in [0.15, 0.2) is 11.5 Å². The van der Waals surface area contributed by atoms with Crippen LogP contribution in [-0.2, 0) is 11.2 Å². The lowest BCUT2D eigenvalue weighted by molar-refractivity contribution is -0.121. The third-order valence-corrected chi connectivity index (χ3v) is 2.90. The molecule has 0 saturated heterocycles. The third kappa shape index (κ3) is 4.44. The summed E-state index contributed by atoms with van der Waals surface area (Å²) >= 11 is 0. The lowest BCUT2D eigenvalue weighted by atomic mass is 10.0. The fourth-order valence-electron chi connectivity index (χ4n) is 1.82. The molecule has 1 rings (SSSR count). The summed E-state index contributed by atoms with van der Waals surface area (Å²) in [6.07, 6.45) is 0.855. The van der Waals surface area contributed by atoms with E-state index in [2.05, 4.69) is 5.32 Å². The van der Waals surface area contributed by atoms with Crippen LogP contribution in [0.1, 0.15) is 17.5 Å². The zero-order valence-corrected chi connectivity index (χ0v) is 11.7. The summed E-state index contributed by atoms with van der Waals surface area (Å²) < 4.78 is 10.5. The molecular formula is C14H21NO4. The summed E-state index contributed by atoms with van der Waals surface area (Å²) in [5.41, 5.74) is 2.19. The third-order valence-electron chi connectivity index (χ3n) is 2.90. The maximum Gasteiger partial charge on any atom is 0.222 e. The number of aliphatic hydroxyl groups is 1. The minimum Gasteiger partial charge on any atom is -0.493 e. The number of aliphatic hydroxyl groups excluding tert-OH is 1. The number of hydrogen-bond acceptors (Lipinski definition) is 4. The van der Waals surface area contributed by atoms with Gasteiger partial charge in [-0.15, -0.1) is 0 Å². The van der Waals surface area contributed by atoms with Crippen molar-refractivity contribution < 1.29 is 19.4 Å². The zero-order chi connectivity index (χ0) is 14.3. The minimum atomic E-state index is -0.138. The van der Waals surface area contributed by atoms with Gasteiger partial charge in [-0.05, 0) is 36.6 Å². The molecule has 0 bridgehead atoms. The molecule has 0 aromatic heterocycles. The molecule has 1 amide bonds. The summed E-state index contributed by atoms with van der Waals surface area (Å²) in [5.74, 6) is 1.25. The van der Waals surface area contributed by atoms with E-state index in [0.29, 0.717) is 24.5 Å². The van der Waals surface area contributed by atoms with Gasteiger partial charge in [0.25, 0.3) is 0 Å². The van der Waals surface area contributed by atoms with Gasteiger partial charge in [-0.2, -0.15) is 0 Å². The average Bonchev–Trinajstić information content (AvgIpc) is 2.40. The SMILES string of the molecule is COc1cc(C)c(CCNC(=O)CCO)cc1OC.